The average Bonchev–Trinajstić information content (AvgIpc) is 2.26. The van der Waals surface area contributed by atoms with Gasteiger partial charge in [0.1, 0.15) is 6.04 Å². The predicted molar refractivity (Wildman–Crippen MR) is 55.6 cm³/mol. The minimum atomic E-state index is -0.461. The summed E-state index contributed by atoms with van der Waals surface area (Å²) in [6, 6.07) is 1.52. The molecule has 1 rings (SSSR count). The van der Waals surface area contributed by atoms with Crippen LogP contribution in [0.5, 0.6) is 0 Å². The number of rotatable bonds is 4. The van der Waals surface area contributed by atoms with Gasteiger partial charge < -0.3 is 10.5 Å². The molecule has 0 radical (unpaired) electrons. The van der Waals surface area contributed by atoms with Crippen molar-refractivity contribution in [1.82, 2.24) is 0 Å². The van der Waals surface area contributed by atoms with E-state index in [0.717, 1.165) is 18.8 Å². The summed E-state index contributed by atoms with van der Waals surface area (Å²) in [5, 5.41) is 8.51. The number of ether oxygens (including phenoxy) is 1. The molecular weight excluding hydrogens is 176 g/mol. The van der Waals surface area contributed by atoms with Gasteiger partial charge in [0.15, 0.2) is 0 Å². The van der Waals surface area contributed by atoms with Crippen LogP contribution in [-0.4, -0.2) is 18.8 Å². The summed E-state index contributed by atoms with van der Waals surface area (Å²) in [4.78, 5) is 0. The Hall–Kier alpha value is -0.590. The summed E-state index contributed by atoms with van der Waals surface area (Å²) >= 11 is 0. The second kappa shape index (κ2) is 6.00. The Morgan fingerprint density at radius 2 is 2.36 bits per heavy atom. The smallest absolute Gasteiger partial charge is 0.116 e. The van der Waals surface area contributed by atoms with Crippen LogP contribution in [0.1, 0.15) is 39.0 Å². The fourth-order valence-corrected chi connectivity index (χ4v) is 2.04. The zero-order chi connectivity index (χ0) is 10.4. The van der Waals surface area contributed by atoms with Gasteiger partial charge in [-0.25, -0.2) is 0 Å². The highest BCUT2D eigenvalue weighted by Crippen LogP contribution is 2.28. The van der Waals surface area contributed by atoms with Gasteiger partial charge in [-0.05, 0) is 18.8 Å². The van der Waals surface area contributed by atoms with Crippen LogP contribution in [0.25, 0.3) is 0 Å². The molecule has 80 valence electrons. The van der Waals surface area contributed by atoms with E-state index in [-0.39, 0.29) is 0 Å². The maximum Gasteiger partial charge on any atom is 0.116 e. The van der Waals surface area contributed by atoms with E-state index < -0.39 is 6.04 Å². The molecule has 0 saturated heterocycles. The van der Waals surface area contributed by atoms with E-state index >= 15 is 0 Å². The van der Waals surface area contributed by atoms with Crippen LogP contribution >= 0.6 is 0 Å². The third kappa shape index (κ3) is 3.65. The van der Waals surface area contributed by atoms with E-state index in [0.29, 0.717) is 12.7 Å². The van der Waals surface area contributed by atoms with Gasteiger partial charge in [-0.1, -0.05) is 26.2 Å². The Kier molecular flexibility index (Phi) is 4.92. The van der Waals surface area contributed by atoms with E-state index in [2.05, 4.69) is 6.92 Å². The van der Waals surface area contributed by atoms with E-state index in [1.165, 1.54) is 19.3 Å². The SMILES string of the molecule is CCC1CCCC(OCC(N)C#N)C1. The van der Waals surface area contributed by atoms with Crippen LogP contribution < -0.4 is 5.73 Å². The topological polar surface area (TPSA) is 59.0 Å². The molecule has 3 heteroatoms. The summed E-state index contributed by atoms with van der Waals surface area (Å²) in [5.41, 5.74) is 5.47. The summed E-state index contributed by atoms with van der Waals surface area (Å²) in [6.07, 6.45) is 6.45. The molecule has 3 atom stereocenters. The number of nitrogens with zero attached hydrogens (tertiary/aromatic N) is 1. The maximum atomic E-state index is 8.51. The largest absolute Gasteiger partial charge is 0.375 e. The predicted octanol–water partition coefficient (Wildman–Crippen LogP) is 1.82. The number of nitriles is 1. The molecule has 0 amide bonds. The molecule has 1 aliphatic rings. The molecule has 0 aliphatic heterocycles. The van der Waals surface area contributed by atoms with Crippen LogP contribution in [0.15, 0.2) is 0 Å². The maximum absolute atomic E-state index is 8.51. The lowest BCUT2D eigenvalue weighted by molar-refractivity contribution is 0.0110. The third-order valence-electron chi connectivity index (χ3n) is 2.99. The van der Waals surface area contributed by atoms with Crippen molar-refractivity contribution in [3.8, 4) is 6.07 Å². The highest BCUT2D eigenvalue weighted by atomic mass is 16.5. The molecule has 0 aromatic carbocycles. The number of hydrogen-bond donors (Lipinski definition) is 1. The van der Waals surface area contributed by atoms with Gasteiger partial charge in [0.25, 0.3) is 0 Å². The van der Waals surface area contributed by atoms with Gasteiger partial charge in [0.05, 0.1) is 18.8 Å². The highest BCUT2D eigenvalue weighted by Gasteiger charge is 2.21. The third-order valence-corrected chi connectivity index (χ3v) is 2.99. The summed E-state index contributed by atoms with van der Waals surface area (Å²) < 4.78 is 5.62. The Morgan fingerprint density at radius 1 is 1.57 bits per heavy atom. The molecular formula is C11H20N2O. The lowest BCUT2D eigenvalue weighted by Gasteiger charge is -2.28. The first-order chi connectivity index (χ1) is 6.76. The normalized spacial score (nSPS) is 29.5. The van der Waals surface area contributed by atoms with Crippen LogP contribution in [0.3, 0.4) is 0 Å². The van der Waals surface area contributed by atoms with Crippen molar-refractivity contribution >= 4 is 0 Å². The summed E-state index contributed by atoms with van der Waals surface area (Å²) in [6.45, 7) is 2.62. The second-order valence-electron chi connectivity index (χ2n) is 4.13. The average molecular weight is 196 g/mol. The number of hydrogen-bond acceptors (Lipinski definition) is 3. The van der Waals surface area contributed by atoms with Crippen molar-refractivity contribution in [2.75, 3.05) is 6.61 Å². The fraction of sp³-hybridized carbons (Fsp3) is 0.909. The molecule has 1 aliphatic carbocycles. The minimum absolute atomic E-state index is 0.341. The van der Waals surface area contributed by atoms with Crippen LogP contribution in [0.2, 0.25) is 0 Å². The van der Waals surface area contributed by atoms with Gasteiger partial charge in [0, 0.05) is 0 Å². The zero-order valence-corrected chi connectivity index (χ0v) is 8.91. The molecule has 1 fully saturated rings. The Labute approximate surface area is 86.2 Å². The molecule has 14 heavy (non-hydrogen) atoms. The first-order valence-corrected chi connectivity index (χ1v) is 5.53. The molecule has 0 aromatic rings. The standard InChI is InChI=1S/C11H20N2O/c1-2-9-4-3-5-11(6-9)14-8-10(13)7-12/h9-11H,2-6,8,13H2,1H3. The molecule has 0 aromatic heterocycles. The van der Waals surface area contributed by atoms with Gasteiger partial charge in [0.2, 0.25) is 0 Å². The van der Waals surface area contributed by atoms with Crippen molar-refractivity contribution in [2.45, 2.75) is 51.2 Å². The van der Waals surface area contributed by atoms with Crippen molar-refractivity contribution in [3.63, 3.8) is 0 Å². The van der Waals surface area contributed by atoms with Gasteiger partial charge in [-0.2, -0.15) is 5.26 Å². The molecule has 0 heterocycles. The molecule has 2 N–H and O–H groups in total. The quantitative estimate of drug-likeness (QED) is 0.746. The lowest BCUT2D eigenvalue weighted by atomic mass is 9.85. The summed E-state index contributed by atoms with van der Waals surface area (Å²) in [5.74, 6) is 0.812. The van der Waals surface area contributed by atoms with Gasteiger partial charge in [-0.3, -0.25) is 0 Å². The van der Waals surface area contributed by atoms with Crippen molar-refractivity contribution in [2.24, 2.45) is 11.7 Å². The molecule has 3 unspecified atom stereocenters. The van der Waals surface area contributed by atoms with E-state index in [1.54, 1.807) is 0 Å². The van der Waals surface area contributed by atoms with E-state index in [9.17, 15) is 0 Å². The Morgan fingerprint density at radius 3 is 3.00 bits per heavy atom. The highest BCUT2D eigenvalue weighted by molar-refractivity contribution is 4.86. The van der Waals surface area contributed by atoms with Gasteiger partial charge in [-0.15, -0.1) is 0 Å². The van der Waals surface area contributed by atoms with Crippen LogP contribution in [0, 0.1) is 17.2 Å². The Bertz CT molecular complexity index is 200. The number of nitrogens with two attached hydrogens (primary N) is 1. The van der Waals surface area contributed by atoms with Crippen molar-refractivity contribution in [1.29, 1.82) is 5.26 Å². The van der Waals surface area contributed by atoms with Crippen LogP contribution in [0.4, 0.5) is 0 Å². The second-order valence-corrected chi connectivity index (χ2v) is 4.13. The monoisotopic (exact) mass is 196 g/mol. The molecule has 1 saturated carbocycles. The zero-order valence-electron chi connectivity index (χ0n) is 8.91. The van der Waals surface area contributed by atoms with Crippen molar-refractivity contribution in [3.05, 3.63) is 0 Å². The molecule has 0 spiro atoms. The van der Waals surface area contributed by atoms with Crippen molar-refractivity contribution < 1.29 is 4.74 Å². The minimum Gasteiger partial charge on any atom is -0.375 e. The van der Waals surface area contributed by atoms with E-state index in [1.807, 2.05) is 6.07 Å². The Balaban J connectivity index is 2.21. The molecule has 3 nitrogen and oxygen atoms in total. The van der Waals surface area contributed by atoms with Gasteiger partial charge >= 0.3 is 0 Å². The molecule has 0 bridgehead atoms. The first-order valence-electron chi connectivity index (χ1n) is 5.53. The van der Waals surface area contributed by atoms with Crippen LogP contribution in [-0.2, 0) is 4.74 Å². The summed E-state index contributed by atoms with van der Waals surface area (Å²) in [7, 11) is 0. The first kappa shape index (κ1) is 11.5. The lowest BCUT2D eigenvalue weighted by Crippen LogP contribution is -2.30. The fourth-order valence-electron chi connectivity index (χ4n) is 2.04. The van der Waals surface area contributed by atoms with E-state index in [4.69, 9.17) is 15.7 Å².